The van der Waals surface area contributed by atoms with E-state index in [1.54, 1.807) is 7.11 Å². The van der Waals surface area contributed by atoms with Crippen molar-refractivity contribution in [2.24, 2.45) is 5.92 Å². The van der Waals surface area contributed by atoms with E-state index < -0.39 is 0 Å². The molecule has 72 valence electrons. The Labute approximate surface area is 81.5 Å². The largest absolute Gasteiger partial charge is 0.387 e. The van der Waals surface area contributed by atoms with Crippen molar-refractivity contribution < 1.29 is 9.84 Å². The number of methoxy groups -OCH3 is 1. The van der Waals surface area contributed by atoms with E-state index in [2.05, 4.69) is 4.37 Å². The van der Waals surface area contributed by atoms with E-state index in [1.165, 1.54) is 11.5 Å². The third-order valence-corrected chi connectivity index (χ3v) is 3.37. The van der Waals surface area contributed by atoms with Gasteiger partial charge in [0.2, 0.25) is 0 Å². The Bertz CT molecular complexity index is 300. The van der Waals surface area contributed by atoms with Gasteiger partial charge in [0.15, 0.2) is 0 Å². The lowest BCUT2D eigenvalue weighted by atomic mass is 10.2. The van der Waals surface area contributed by atoms with Gasteiger partial charge in [-0.05, 0) is 30.9 Å². The fourth-order valence-corrected chi connectivity index (χ4v) is 2.33. The van der Waals surface area contributed by atoms with Crippen molar-refractivity contribution in [1.82, 2.24) is 4.37 Å². The first kappa shape index (κ1) is 9.12. The molecule has 1 aliphatic rings. The van der Waals surface area contributed by atoms with Crippen LogP contribution in [0.4, 0.5) is 0 Å². The molecule has 0 saturated heterocycles. The molecule has 0 amide bonds. The molecule has 3 unspecified atom stereocenters. The molecule has 0 spiro atoms. The molecule has 1 fully saturated rings. The van der Waals surface area contributed by atoms with Crippen LogP contribution in [0.5, 0.6) is 0 Å². The normalized spacial score (nSPS) is 28.8. The molecule has 3 nitrogen and oxygen atoms in total. The number of ether oxygens (including phenoxy) is 1. The van der Waals surface area contributed by atoms with Crippen molar-refractivity contribution in [3.05, 3.63) is 16.6 Å². The Morgan fingerprint density at radius 2 is 2.54 bits per heavy atom. The summed E-state index contributed by atoms with van der Waals surface area (Å²) in [6, 6.07) is 1.94. The average Bonchev–Trinajstić information content (AvgIpc) is 2.80. The lowest BCUT2D eigenvalue weighted by Gasteiger charge is -2.05. The molecule has 0 radical (unpaired) electrons. The Balaban J connectivity index is 2.02. The van der Waals surface area contributed by atoms with Crippen LogP contribution in [0.1, 0.15) is 23.1 Å². The first-order valence-corrected chi connectivity index (χ1v) is 5.14. The summed E-state index contributed by atoms with van der Waals surface area (Å²) in [5.41, 5.74) is 0.980. The van der Waals surface area contributed by atoms with Gasteiger partial charge in [0.05, 0.1) is 22.8 Å². The highest BCUT2D eigenvalue weighted by Gasteiger charge is 2.44. The Hall–Kier alpha value is -0.450. The molecule has 1 aromatic heterocycles. The highest BCUT2D eigenvalue weighted by atomic mass is 32.1. The zero-order chi connectivity index (χ0) is 9.42. The Morgan fingerprint density at radius 3 is 3.00 bits per heavy atom. The van der Waals surface area contributed by atoms with Crippen LogP contribution in [0.3, 0.4) is 0 Å². The van der Waals surface area contributed by atoms with E-state index in [0.29, 0.717) is 0 Å². The first-order valence-electron chi connectivity index (χ1n) is 4.36. The van der Waals surface area contributed by atoms with Crippen molar-refractivity contribution in [3.8, 4) is 0 Å². The maximum Gasteiger partial charge on any atom is 0.0951 e. The summed E-state index contributed by atoms with van der Waals surface area (Å²) >= 11 is 1.38. The Morgan fingerprint density at radius 1 is 1.77 bits per heavy atom. The minimum Gasteiger partial charge on any atom is -0.387 e. The van der Waals surface area contributed by atoms with Gasteiger partial charge in [0.25, 0.3) is 0 Å². The van der Waals surface area contributed by atoms with E-state index in [0.717, 1.165) is 17.0 Å². The summed E-state index contributed by atoms with van der Waals surface area (Å²) in [5.74, 6) is 0.282. The summed E-state index contributed by atoms with van der Waals surface area (Å²) in [7, 11) is 1.69. The lowest BCUT2D eigenvalue weighted by Crippen LogP contribution is -2.02. The standard InChI is InChI=1S/C9H13NO2S/c1-5-3-8(13-10-5)9(11)6-4-7(6)12-2/h3,6-7,9,11H,4H2,1-2H3. The molecule has 0 aromatic carbocycles. The van der Waals surface area contributed by atoms with Crippen molar-refractivity contribution in [2.45, 2.75) is 25.6 Å². The van der Waals surface area contributed by atoms with Gasteiger partial charge in [-0.25, -0.2) is 0 Å². The van der Waals surface area contributed by atoms with E-state index in [1.807, 2.05) is 13.0 Å². The molecule has 1 aliphatic carbocycles. The molecular formula is C9H13NO2S. The third-order valence-electron chi connectivity index (χ3n) is 2.42. The van der Waals surface area contributed by atoms with Crippen LogP contribution in [-0.2, 0) is 4.74 Å². The summed E-state index contributed by atoms with van der Waals surface area (Å²) in [5, 5.41) is 9.87. The second-order valence-electron chi connectivity index (χ2n) is 3.49. The van der Waals surface area contributed by atoms with Crippen LogP contribution in [0.2, 0.25) is 0 Å². The van der Waals surface area contributed by atoms with Crippen LogP contribution in [0.25, 0.3) is 0 Å². The summed E-state index contributed by atoms with van der Waals surface area (Å²) < 4.78 is 9.29. The highest BCUT2D eigenvalue weighted by molar-refractivity contribution is 7.05. The molecule has 3 atom stereocenters. The molecule has 2 rings (SSSR count). The number of hydrogen-bond donors (Lipinski definition) is 1. The molecule has 1 N–H and O–H groups in total. The van der Waals surface area contributed by atoms with Crippen LogP contribution >= 0.6 is 11.5 Å². The topological polar surface area (TPSA) is 42.4 Å². The average molecular weight is 199 g/mol. The zero-order valence-electron chi connectivity index (χ0n) is 7.73. The van der Waals surface area contributed by atoms with Crippen LogP contribution in [0, 0.1) is 12.8 Å². The lowest BCUT2D eigenvalue weighted by molar-refractivity contribution is 0.104. The second kappa shape index (κ2) is 3.36. The minimum absolute atomic E-state index is 0.248. The highest BCUT2D eigenvalue weighted by Crippen LogP contribution is 2.44. The van der Waals surface area contributed by atoms with Crippen molar-refractivity contribution in [3.63, 3.8) is 0 Å². The van der Waals surface area contributed by atoms with Crippen LogP contribution in [0.15, 0.2) is 6.07 Å². The predicted molar refractivity (Wildman–Crippen MR) is 50.7 cm³/mol. The van der Waals surface area contributed by atoms with E-state index in [4.69, 9.17) is 4.74 Å². The number of nitrogens with zero attached hydrogens (tertiary/aromatic N) is 1. The van der Waals surface area contributed by atoms with Gasteiger partial charge in [-0.1, -0.05) is 0 Å². The molecule has 0 aliphatic heterocycles. The van der Waals surface area contributed by atoms with E-state index in [9.17, 15) is 5.11 Å². The summed E-state index contributed by atoms with van der Waals surface area (Å²) in [4.78, 5) is 0.960. The van der Waals surface area contributed by atoms with Crippen LogP contribution < -0.4 is 0 Å². The molecular weight excluding hydrogens is 186 g/mol. The number of aromatic nitrogens is 1. The number of aryl methyl sites for hydroxylation is 1. The van der Waals surface area contributed by atoms with Gasteiger partial charge in [0.1, 0.15) is 0 Å². The van der Waals surface area contributed by atoms with Gasteiger partial charge < -0.3 is 9.84 Å². The maximum atomic E-state index is 9.87. The van der Waals surface area contributed by atoms with Gasteiger partial charge in [0, 0.05) is 13.0 Å². The number of hydrogen-bond acceptors (Lipinski definition) is 4. The second-order valence-corrected chi connectivity index (χ2v) is 4.33. The molecule has 0 bridgehead atoms. The number of aliphatic hydroxyl groups is 1. The van der Waals surface area contributed by atoms with Gasteiger partial charge in [-0.2, -0.15) is 4.37 Å². The molecule has 1 heterocycles. The van der Waals surface area contributed by atoms with Crippen molar-refractivity contribution in [2.75, 3.05) is 7.11 Å². The predicted octanol–water partition coefficient (Wildman–Crippen LogP) is 1.52. The summed E-state index contributed by atoms with van der Waals surface area (Å²) in [6.45, 7) is 1.94. The number of rotatable bonds is 3. The maximum absolute atomic E-state index is 9.87. The van der Waals surface area contributed by atoms with Crippen molar-refractivity contribution in [1.29, 1.82) is 0 Å². The molecule has 1 saturated carbocycles. The quantitative estimate of drug-likeness (QED) is 0.802. The van der Waals surface area contributed by atoms with E-state index >= 15 is 0 Å². The first-order chi connectivity index (χ1) is 6.22. The summed E-state index contributed by atoms with van der Waals surface area (Å²) in [6.07, 6.45) is 0.836. The minimum atomic E-state index is -0.379. The van der Waals surface area contributed by atoms with Gasteiger partial charge in [-0.3, -0.25) is 0 Å². The van der Waals surface area contributed by atoms with Crippen molar-refractivity contribution >= 4 is 11.5 Å². The van der Waals surface area contributed by atoms with Gasteiger partial charge >= 0.3 is 0 Å². The third kappa shape index (κ3) is 1.75. The fourth-order valence-electron chi connectivity index (χ4n) is 1.53. The molecule has 1 aromatic rings. The molecule has 13 heavy (non-hydrogen) atoms. The monoisotopic (exact) mass is 199 g/mol. The number of aliphatic hydroxyl groups excluding tert-OH is 1. The molecule has 4 heteroatoms. The SMILES string of the molecule is COC1CC1C(O)c1cc(C)ns1. The zero-order valence-corrected chi connectivity index (χ0v) is 8.54. The van der Waals surface area contributed by atoms with Crippen LogP contribution in [-0.4, -0.2) is 22.7 Å². The van der Waals surface area contributed by atoms with E-state index in [-0.39, 0.29) is 18.1 Å². The smallest absolute Gasteiger partial charge is 0.0951 e. The Kier molecular flexibility index (Phi) is 2.36. The van der Waals surface area contributed by atoms with Gasteiger partial charge in [-0.15, -0.1) is 0 Å². The fraction of sp³-hybridized carbons (Fsp3) is 0.667.